The molecule has 3 aromatic rings. The highest BCUT2D eigenvalue weighted by molar-refractivity contribution is 7.91. The molecule has 0 fully saturated rings. The van der Waals surface area contributed by atoms with Crippen molar-refractivity contribution in [3.63, 3.8) is 0 Å². The first kappa shape index (κ1) is 20.7. The van der Waals surface area contributed by atoms with Gasteiger partial charge in [-0.15, -0.1) is 0 Å². The van der Waals surface area contributed by atoms with Crippen LogP contribution in [0.3, 0.4) is 0 Å². The maximum atomic E-state index is 13.1. The number of rotatable bonds is 6. The first-order valence-corrected chi connectivity index (χ1v) is 10.8. The number of nitrogens with one attached hydrogen (secondary N) is 1. The number of nitrogens with zero attached hydrogens (tertiary/aromatic N) is 2. The van der Waals surface area contributed by atoms with Gasteiger partial charge in [0.15, 0.2) is 9.84 Å². The van der Waals surface area contributed by atoms with E-state index in [1.54, 1.807) is 29.9 Å². The standard InChI is InChI=1S/C21H22FN3O3S/c1-4-29(27,28)19-11-5-16(6-12-19)21(26)24-14(2)20-13-23-25(15(20)3)18-9-7-17(22)8-10-18/h5-14H,4H2,1-3H3,(H,24,26). The number of sulfone groups is 1. The number of aromatic nitrogens is 2. The summed E-state index contributed by atoms with van der Waals surface area (Å²) >= 11 is 0. The van der Waals surface area contributed by atoms with Crippen LogP contribution in [-0.2, 0) is 9.84 Å². The summed E-state index contributed by atoms with van der Waals surface area (Å²) in [5.41, 5.74) is 2.75. The lowest BCUT2D eigenvalue weighted by molar-refractivity contribution is 0.0939. The van der Waals surface area contributed by atoms with Crippen molar-refractivity contribution in [3.05, 3.63) is 77.4 Å². The van der Waals surface area contributed by atoms with Crippen LogP contribution in [-0.4, -0.2) is 29.9 Å². The Bertz CT molecular complexity index is 1120. The Morgan fingerprint density at radius 1 is 1.14 bits per heavy atom. The number of carbonyl (C=O) groups excluding carboxylic acids is 1. The van der Waals surface area contributed by atoms with Crippen LogP contribution in [0.5, 0.6) is 0 Å². The van der Waals surface area contributed by atoms with Gasteiger partial charge in [-0.3, -0.25) is 4.79 Å². The summed E-state index contributed by atoms with van der Waals surface area (Å²) in [4.78, 5) is 12.8. The molecule has 29 heavy (non-hydrogen) atoms. The molecule has 0 spiro atoms. The molecule has 0 aliphatic rings. The minimum atomic E-state index is -3.30. The summed E-state index contributed by atoms with van der Waals surface area (Å²) in [6, 6.07) is 11.6. The van der Waals surface area contributed by atoms with Crippen LogP contribution >= 0.6 is 0 Å². The molecule has 0 radical (unpaired) electrons. The van der Waals surface area contributed by atoms with E-state index in [1.165, 1.54) is 36.4 Å². The monoisotopic (exact) mass is 415 g/mol. The van der Waals surface area contributed by atoms with E-state index < -0.39 is 9.84 Å². The summed E-state index contributed by atoms with van der Waals surface area (Å²) in [6.45, 7) is 5.29. The van der Waals surface area contributed by atoms with Crippen LogP contribution in [0.1, 0.15) is 41.5 Å². The van der Waals surface area contributed by atoms with Crippen molar-refractivity contribution >= 4 is 15.7 Å². The van der Waals surface area contributed by atoms with Crippen LogP contribution in [0.4, 0.5) is 4.39 Å². The van der Waals surface area contributed by atoms with Crippen molar-refractivity contribution in [1.29, 1.82) is 0 Å². The van der Waals surface area contributed by atoms with Gasteiger partial charge >= 0.3 is 0 Å². The average molecular weight is 415 g/mol. The van der Waals surface area contributed by atoms with Crippen LogP contribution < -0.4 is 5.32 Å². The molecule has 2 aromatic carbocycles. The second-order valence-electron chi connectivity index (χ2n) is 6.70. The van der Waals surface area contributed by atoms with Gasteiger partial charge in [0, 0.05) is 16.8 Å². The molecule has 8 heteroatoms. The van der Waals surface area contributed by atoms with Gasteiger partial charge in [-0.1, -0.05) is 6.92 Å². The van der Waals surface area contributed by atoms with Gasteiger partial charge in [-0.25, -0.2) is 17.5 Å². The molecule has 0 saturated carbocycles. The van der Waals surface area contributed by atoms with E-state index in [4.69, 9.17) is 0 Å². The van der Waals surface area contributed by atoms with Gasteiger partial charge in [0.1, 0.15) is 5.82 Å². The summed E-state index contributed by atoms with van der Waals surface area (Å²) in [5, 5.41) is 7.24. The van der Waals surface area contributed by atoms with E-state index >= 15 is 0 Å². The summed E-state index contributed by atoms with van der Waals surface area (Å²) in [5.74, 6) is -0.628. The highest BCUT2D eigenvalue weighted by atomic mass is 32.2. The minimum Gasteiger partial charge on any atom is -0.345 e. The van der Waals surface area contributed by atoms with Crippen LogP contribution in [0.15, 0.2) is 59.6 Å². The van der Waals surface area contributed by atoms with E-state index in [1.807, 2.05) is 13.8 Å². The van der Waals surface area contributed by atoms with Gasteiger partial charge in [0.25, 0.3) is 5.91 Å². The highest BCUT2D eigenvalue weighted by Crippen LogP contribution is 2.21. The molecule has 6 nitrogen and oxygen atoms in total. The van der Waals surface area contributed by atoms with Crippen molar-refractivity contribution in [2.45, 2.75) is 31.7 Å². The summed E-state index contributed by atoms with van der Waals surface area (Å²) in [7, 11) is -3.30. The number of amides is 1. The summed E-state index contributed by atoms with van der Waals surface area (Å²) in [6.07, 6.45) is 1.67. The van der Waals surface area contributed by atoms with Gasteiger partial charge in [0.2, 0.25) is 0 Å². The lowest BCUT2D eigenvalue weighted by atomic mass is 10.1. The third-order valence-corrected chi connectivity index (χ3v) is 6.54. The van der Waals surface area contributed by atoms with Crippen LogP contribution in [0, 0.1) is 12.7 Å². The zero-order chi connectivity index (χ0) is 21.2. The maximum Gasteiger partial charge on any atom is 0.251 e. The lowest BCUT2D eigenvalue weighted by Gasteiger charge is -2.14. The molecule has 0 aliphatic heterocycles. The maximum absolute atomic E-state index is 13.1. The predicted octanol–water partition coefficient (Wildman–Crippen LogP) is 3.60. The molecule has 3 rings (SSSR count). The molecule has 1 unspecified atom stereocenters. The molecule has 1 heterocycles. The molecule has 1 atom stereocenters. The van der Waals surface area contributed by atoms with Crippen molar-refractivity contribution in [3.8, 4) is 5.69 Å². The molecule has 1 aromatic heterocycles. The van der Waals surface area contributed by atoms with E-state index in [-0.39, 0.29) is 28.4 Å². The molecule has 1 amide bonds. The van der Waals surface area contributed by atoms with E-state index in [2.05, 4.69) is 10.4 Å². The molecular weight excluding hydrogens is 393 g/mol. The third-order valence-electron chi connectivity index (χ3n) is 4.79. The van der Waals surface area contributed by atoms with Gasteiger partial charge in [0.05, 0.1) is 28.6 Å². The fourth-order valence-corrected chi connectivity index (χ4v) is 3.91. The SMILES string of the molecule is CCS(=O)(=O)c1ccc(C(=O)NC(C)c2cnn(-c3ccc(F)cc3)c2C)cc1. The average Bonchev–Trinajstić information content (AvgIpc) is 3.10. The Balaban J connectivity index is 1.76. The normalized spacial score (nSPS) is 12.6. The smallest absolute Gasteiger partial charge is 0.251 e. The molecule has 0 aliphatic carbocycles. The first-order valence-electron chi connectivity index (χ1n) is 9.17. The Labute approximate surface area is 169 Å². The van der Waals surface area contributed by atoms with Crippen molar-refractivity contribution in [2.24, 2.45) is 0 Å². The van der Waals surface area contributed by atoms with Gasteiger partial charge < -0.3 is 5.32 Å². The van der Waals surface area contributed by atoms with Gasteiger partial charge in [-0.05, 0) is 62.4 Å². The van der Waals surface area contributed by atoms with Crippen molar-refractivity contribution in [1.82, 2.24) is 15.1 Å². The fourth-order valence-electron chi connectivity index (χ4n) is 3.03. The Kier molecular flexibility index (Phi) is 5.83. The lowest BCUT2D eigenvalue weighted by Crippen LogP contribution is -2.27. The van der Waals surface area contributed by atoms with Crippen molar-refractivity contribution < 1.29 is 17.6 Å². The number of hydrogen-bond acceptors (Lipinski definition) is 4. The topological polar surface area (TPSA) is 81.1 Å². The van der Waals surface area contributed by atoms with Crippen LogP contribution in [0.25, 0.3) is 5.69 Å². The summed E-state index contributed by atoms with van der Waals surface area (Å²) < 4.78 is 38.6. The quantitative estimate of drug-likeness (QED) is 0.667. The van der Waals surface area contributed by atoms with Crippen molar-refractivity contribution in [2.75, 3.05) is 5.75 Å². The second-order valence-corrected chi connectivity index (χ2v) is 8.97. The molecule has 0 saturated heterocycles. The number of halogens is 1. The molecule has 1 N–H and O–H groups in total. The Hall–Kier alpha value is -3.00. The zero-order valence-electron chi connectivity index (χ0n) is 16.4. The van der Waals surface area contributed by atoms with E-state index in [0.717, 1.165) is 16.9 Å². The minimum absolute atomic E-state index is 0.00684. The Morgan fingerprint density at radius 3 is 2.34 bits per heavy atom. The predicted molar refractivity (Wildman–Crippen MR) is 108 cm³/mol. The highest BCUT2D eigenvalue weighted by Gasteiger charge is 2.18. The van der Waals surface area contributed by atoms with E-state index in [0.29, 0.717) is 5.56 Å². The zero-order valence-corrected chi connectivity index (χ0v) is 17.2. The molecule has 152 valence electrons. The number of hydrogen-bond donors (Lipinski definition) is 1. The second kappa shape index (κ2) is 8.16. The fraction of sp³-hybridized carbons (Fsp3) is 0.238. The molecule has 0 bridgehead atoms. The van der Waals surface area contributed by atoms with Crippen LogP contribution in [0.2, 0.25) is 0 Å². The largest absolute Gasteiger partial charge is 0.345 e. The molecular formula is C21H22FN3O3S. The number of benzene rings is 2. The third kappa shape index (κ3) is 4.37. The Morgan fingerprint density at radius 2 is 1.76 bits per heavy atom. The van der Waals surface area contributed by atoms with Gasteiger partial charge in [-0.2, -0.15) is 5.10 Å². The number of carbonyl (C=O) groups is 1. The van der Waals surface area contributed by atoms with E-state index in [9.17, 15) is 17.6 Å². The first-order chi connectivity index (χ1) is 13.7.